The fourth-order valence-corrected chi connectivity index (χ4v) is 3.59. The molecule has 0 amide bonds. The number of nitrogens with zero attached hydrogens (tertiary/aromatic N) is 2. The summed E-state index contributed by atoms with van der Waals surface area (Å²) < 4.78 is 5.88. The van der Waals surface area contributed by atoms with E-state index in [0.717, 1.165) is 39.5 Å². The molecule has 0 aliphatic heterocycles. The molecule has 5 heteroatoms. The Balaban J connectivity index is 1.44. The summed E-state index contributed by atoms with van der Waals surface area (Å²) in [5, 5.41) is 5.09. The molecular weight excluding hydrogens is 418 g/mol. The van der Waals surface area contributed by atoms with E-state index in [2.05, 4.69) is 24.4 Å². The Morgan fingerprint density at radius 2 is 1.47 bits per heavy atom. The number of halogens is 1. The fraction of sp³-hybridized carbons (Fsp3) is 0.0370. The van der Waals surface area contributed by atoms with Crippen molar-refractivity contribution in [3.05, 3.63) is 108 Å². The number of hydrogen-bond donors (Lipinski definition) is 1. The zero-order valence-electron chi connectivity index (χ0n) is 17.4. The lowest BCUT2D eigenvalue weighted by molar-refractivity contribution is 0.483. The quantitative estimate of drug-likeness (QED) is 0.304. The minimum absolute atomic E-state index is 0.680. The Morgan fingerprint density at radius 3 is 2.22 bits per heavy atom. The first-order valence-corrected chi connectivity index (χ1v) is 10.7. The fourth-order valence-electron chi connectivity index (χ4n) is 3.47. The summed E-state index contributed by atoms with van der Waals surface area (Å²) in [5.74, 6) is 2.93. The van der Waals surface area contributed by atoms with Crippen molar-refractivity contribution in [2.45, 2.75) is 6.92 Å². The second-order valence-corrected chi connectivity index (χ2v) is 7.92. The molecule has 0 saturated carbocycles. The van der Waals surface area contributed by atoms with Crippen LogP contribution < -0.4 is 10.1 Å². The van der Waals surface area contributed by atoms with Gasteiger partial charge in [-0.15, -0.1) is 0 Å². The van der Waals surface area contributed by atoms with E-state index in [9.17, 15) is 0 Å². The number of ether oxygens (including phenoxy) is 1. The SMILES string of the molecule is Cc1cccc(-c2nc(Nc3ccc(Oc4ccc(Cl)cc4)cc3)c3ccccc3n2)c1. The van der Waals surface area contributed by atoms with Crippen molar-refractivity contribution < 1.29 is 4.74 Å². The third-order valence-corrected chi connectivity index (χ3v) is 5.30. The molecule has 0 radical (unpaired) electrons. The van der Waals surface area contributed by atoms with Crippen LogP contribution >= 0.6 is 11.6 Å². The van der Waals surface area contributed by atoms with Gasteiger partial charge in [-0.1, -0.05) is 47.5 Å². The smallest absolute Gasteiger partial charge is 0.162 e. The minimum atomic E-state index is 0.680. The molecule has 4 nitrogen and oxygen atoms in total. The molecule has 0 aliphatic rings. The molecule has 0 spiro atoms. The van der Waals surface area contributed by atoms with Gasteiger partial charge in [0, 0.05) is 21.7 Å². The summed E-state index contributed by atoms with van der Waals surface area (Å²) in [6.45, 7) is 2.07. The van der Waals surface area contributed by atoms with Gasteiger partial charge < -0.3 is 10.1 Å². The van der Waals surface area contributed by atoms with Crippen LogP contribution in [0.3, 0.4) is 0 Å². The third kappa shape index (κ3) is 4.41. The maximum Gasteiger partial charge on any atom is 0.162 e. The topological polar surface area (TPSA) is 47.0 Å². The maximum atomic E-state index is 5.94. The number of aryl methyl sites for hydroxylation is 1. The summed E-state index contributed by atoms with van der Waals surface area (Å²) in [6.07, 6.45) is 0. The molecule has 5 aromatic rings. The summed E-state index contributed by atoms with van der Waals surface area (Å²) >= 11 is 5.94. The standard InChI is InChI=1S/C27H20ClN3O/c1-18-5-4-6-19(17-18)26-30-25-8-3-2-7-24(25)27(31-26)29-21-11-15-23(16-12-21)32-22-13-9-20(28)10-14-22/h2-17H,1H3,(H,29,30,31). The van der Waals surface area contributed by atoms with E-state index in [1.807, 2.05) is 72.8 Å². The lowest BCUT2D eigenvalue weighted by Crippen LogP contribution is -1.99. The molecule has 5 rings (SSSR count). The van der Waals surface area contributed by atoms with Gasteiger partial charge in [0.2, 0.25) is 0 Å². The molecule has 0 bridgehead atoms. The molecule has 1 aromatic heterocycles. The van der Waals surface area contributed by atoms with Crippen molar-refractivity contribution in [1.82, 2.24) is 9.97 Å². The summed E-state index contributed by atoms with van der Waals surface area (Å²) in [6, 6.07) is 31.3. The Morgan fingerprint density at radius 1 is 0.750 bits per heavy atom. The molecule has 0 saturated heterocycles. The minimum Gasteiger partial charge on any atom is -0.457 e. The van der Waals surface area contributed by atoms with Gasteiger partial charge in [-0.3, -0.25) is 0 Å². The molecule has 1 N–H and O–H groups in total. The van der Waals surface area contributed by atoms with E-state index < -0.39 is 0 Å². The zero-order chi connectivity index (χ0) is 21.9. The second kappa shape index (κ2) is 8.69. The van der Waals surface area contributed by atoms with Crippen LogP contribution in [0.1, 0.15) is 5.56 Å². The number of aromatic nitrogens is 2. The van der Waals surface area contributed by atoms with Gasteiger partial charge in [0.1, 0.15) is 17.3 Å². The normalized spacial score (nSPS) is 10.8. The van der Waals surface area contributed by atoms with E-state index >= 15 is 0 Å². The highest BCUT2D eigenvalue weighted by Gasteiger charge is 2.10. The molecule has 32 heavy (non-hydrogen) atoms. The highest BCUT2D eigenvalue weighted by molar-refractivity contribution is 6.30. The predicted molar refractivity (Wildman–Crippen MR) is 131 cm³/mol. The van der Waals surface area contributed by atoms with Gasteiger partial charge in [-0.2, -0.15) is 0 Å². The largest absolute Gasteiger partial charge is 0.457 e. The van der Waals surface area contributed by atoms with Crippen LogP contribution in [0.25, 0.3) is 22.3 Å². The summed E-state index contributed by atoms with van der Waals surface area (Å²) in [4.78, 5) is 9.62. The van der Waals surface area contributed by atoms with Crippen LogP contribution in [0.4, 0.5) is 11.5 Å². The number of hydrogen-bond acceptors (Lipinski definition) is 4. The van der Waals surface area contributed by atoms with Crippen LogP contribution in [0.2, 0.25) is 5.02 Å². The second-order valence-electron chi connectivity index (χ2n) is 7.49. The van der Waals surface area contributed by atoms with Gasteiger partial charge in [-0.05, 0) is 73.7 Å². The van der Waals surface area contributed by atoms with E-state index in [1.54, 1.807) is 12.1 Å². The van der Waals surface area contributed by atoms with Crippen LogP contribution in [-0.2, 0) is 0 Å². The summed E-state index contributed by atoms with van der Waals surface area (Å²) in [7, 11) is 0. The molecule has 4 aromatic carbocycles. The number of para-hydroxylation sites is 1. The Bertz CT molecular complexity index is 1380. The molecule has 0 fully saturated rings. The number of nitrogens with one attached hydrogen (secondary N) is 1. The molecule has 0 aliphatic carbocycles. The average molecular weight is 438 g/mol. The van der Waals surface area contributed by atoms with E-state index in [1.165, 1.54) is 5.56 Å². The Kier molecular flexibility index (Phi) is 5.44. The monoisotopic (exact) mass is 437 g/mol. The van der Waals surface area contributed by atoms with Crippen molar-refractivity contribution in [3.8, 4) is 22.9 Å². The number of anilines is 2. The van der Waals surface area contributed by atoms with Gasteiger partial charge >= 0.3 is 0 Å². The Labute approximate surface area is 191 Å². The van der Waals surface area contributed by atoms with Crippen molar-refractivity contribution in [2.75, 3.05) is 5.32 Å². The van der Waals surface area contributed by atoms with E-state index in [4.69, 9.17) is 26.3 Å². The van der Waals surface area contributed by atoms with Gasteiger partial charge in [0.05, 0.1) is 5.52 Å². The first kappa shape index (κ1) is 20.0. The molecule has 156 valence electrons. The molecule has 0 atom stereocenters. The van der Waals surface area contributed by atoms with Gasteiger partial charge in [0.25, 0.3) is 0 Å². The first-order chi connectivity index (χ1) is 15.6. The van der Waals surface area contributed by atoms with Crippen molar-refractivity contribution in [1.29, 1.82) is 0 Å². The molecule has 1 heterocycles. The van der Waals surface area contributed by atoms with Gasteiger partial charge in [-0.25, -0.2) is 9.97 Å². The third-order valence-electron chi connectivity index (χ3n) is 5.05. The van der Waals surface area contributed by atoms with Crippen molar-refractivity contribution >= 4 is 34.0 Å². The van der Waals surface area contributed by atoms with Crippen molar-refractivity contribution in [3.63, 3.8) is 0 Å². The highest BCUT2D eigenvalue weighted by Crippen LogP contribution is 2.29. The maximum absolute atomic E-state index is 5.94. The lowest BCUT2D eigenvalue weighted by Gasteiger charge is -2.12. The van der Waals surface area contributed by atoms with Crippen LogP contribution in [-0.4, -0.2) is 9.97 Å². The summed E-state index contributed by atoms with van der Waals surface area (Å²) in [5.41, 5.74) is 3.97. The van der Waals surface area contributed by atoms with Crippen molar-refractivity contribution in [2.24, 2.45) is 0 Å². The number of fused-ring (bicyclic) bond motifs is 1. The zero-order valence-corrected chi connectivity index (χ0v) is 18.2. The predicted octanol–water partition coefficient (Wildman–Crippen LogP) is 7.79. The van der Waals surface area contributed by atoms with E-state index in [-0.39, 0.29) is 0 Å². The highest BCUT2D eigenvalue weighted by atomic mass is 35.5. The number of benzene rings is 4. The lowest BCUT2D eigenvalue weighted by atomic mass is 10.1. The number of rotatable bonds is 5. The van der Waals surface area contributed by atoms with Crippen LogP contribution in [0.5, 0.6) is 11.5 Å². The molecular formula is C27H20ClN3O. The van der Waals surface area contributed by atoms with Gasteiger partial charge in [0.15, 0.2) is 5.82 Å². The first-order valence-electron chi connectivity index (χ1n) is 10.3. The molecule has 0 unspecified atom stereocenters. The van der Waals surface area contributed by atoms with E-state index in [0.29, 0.717) is 10.8 Å². The average Bonchev–Trinajstić information content (AvgIpc) is 2.82. The van der Waals surface area contributed by atoms with Crippen LogP contribution in [0.15, 0.2) is 97.1 Å². The van der Waals surface area contributed by atoms with Crippen LogP contribution in [0, 0.1) is 6.92 Å². The Hall–Kier alpha value is -3.89.